The summed E-state index contributed by atoms with van der Waals surface area (Å²) < 4.78 is 11.1. The minimum absolute atomic E-state index is 0.0167. The third-order valence-electron chi connectivity index (χ3n) is 4.89. The summed E-state index contributed by atoms with van der Waals surface area (Å²) in [6, 6.07) is 14.6. The minimum atomic E-state index is -0.846. The molecule has 31 heavy (non-hydrogen) atoms. The van der Waals surface area contributed by atoms with Crippen molar-refractivity contribution in [2.45, 2.75) is 32.5 Å². The summed E-state index contributed by atoms with van der Waals surface area (Å²) in [6.07, 6.45) is 3.03. The van der Waals surface area contributed by atoms with Gasteiger partial charge >= 0.3 is 0 Å². The van der Waals surface area contributed by atoms with E-state index in [1.807, 2.05) is 13.8 Å². The van der Waals surface area contributed by atoms with Gasteiger partial charge in [0.15, 0.2) is 0 Å². The molecule has 1 amide bonds. The highest BCUT2D eigenvalue weighted by Crippen LogP contribution is 2.39. The number of aliphatic hydroxyl groups is 1. The number of benzene rings is 1. The zero-order valence-electron chi connectivity index (χ0n) is 17.2. The van der Waals surface area contributed by atoms with E-state index in [0.717, 1.165) is 0 Å². The second-order valence-electron chi connectivity index (χ2n) is 7.46. The lowest BCUT2D eigenvalue weighted by atomic mass is 9.98. The minimum Gasteiger partial charge on any atom is -0.507 e. The molecule has 3 heterocycles. The first kappa shape index (κ1) is 20.4. The van der Waals surface area contributed by atoms with Gasteiger partial charge in [-0.3, -0.25) is 14.6 Å². The number of carbonyl (C=O) groups is 2. The normalized spacial score (nSPS) is 18.0. The lowest BCUT2D eigenvalue weighted by Gasteiger charge is -2.23. The molecular weight excluding hydrogens is 396 g/mol. The van der Waals surface area contributed by atoms with Crippen LogP contribution in [-0.4, -0.2) is 32.8 Å². The highest BCUT2D eigenvalue weighted by atomic mass is 16.5. The zero-order chi connectivity index (χ0) is 22.0. The number of furan rings is 1. The first-order valence-corrected chi connectivity index (χ1v) is 9.94. The highest BCUT2D eigenvalue weighted by molar-refractivity contribution is 6.46. The molecule has 1 unspecified atom stereocenters. The Kier molecular flexibility index (Phi) is 5.58. The Balaban J connectivity index is 1.82. The number of ether oxygens (including phenoxy) is 1. The van der Waals surface area contributed by atoms with Gasteiger partial charge in [0, 0.05) is 11.8 Å². The smallest absolute Gasteiger partial charge is 0.296 e. The Morgan fingerprint density at radius 2 is 2.00 bits per heavy atom. The number of aliphatic hydroxyl groups excluding tert-OH is 1. The fourth-order valence-corrected chi connectivity index (χ4v) is 3.60. The molecule has 1 aliphatic rings. The molecule has 0 radical (unpaired) electrons. The number of rotatable bonds is 6. The Labute approximate surface area is 179 Å². The lowest BCUT2D eigenvalue weighted by molar-refractivity contribution is -0.140. The molecule has 4 rings (SSSR count). The molecule has 1 aliphatic heterocycles. The molecule has 0 bridgehead atoms. The quantitative estimate of drug-likeness (QED) is 0.368. The van der Waals surface area contributed by atoms with Crippen LogP contribution in [0, 0.1) is 0 Å². The number of ketones is 1. The molecule has 0 aliphatic carbocycles. The van der Waals surface area contributed by atoms with Crippen molar-refractivity contribution in [3.63, 3.8) is 0 Å². The van der Waals surface area contributed by atoms with Crippen LogP contribution >= 0.6 is 0 Å². The topological polar surface area (TPSA) is 92.9 Å². The van der Waals surface area contributed by atoms with Gasteiger partial charge in [0.05, 0.1) is 30.2 Å². The van der Waals surface area contributed by atoms with Crippen LogP contribution in [0.5, 0.6) is 5.75 Å². The third kappa shape index (κ3) is 4.07. The third-order valence-corrected chi connectivity index (χ3v) is 4.89. The molecule has 1 fully saturated rings. The van der Waals surface area contributed by atoms with Crippen LogP contribution in [0.4, 0.5) is 0 Å². The van der Waals surface area contributed by atoms with Gasteiger partial charge in [-0.1, -0.05) is 18.2 Å². The van der Waals surface area contributed by atoms with Crippen LogP contribution in [-0.2, 0) is 16.1 Å². The number of hydrogen-bond acceptors (Lipinski definition) is 6. The summed E-state index contributed by atoms with van der Waals surface area (Å²) >= 11 is 0. The van der Waals surface area contributed by atoms with Gasteiger partial charge < -0.3 is 19.2 Å². The van der Waals surface area contributed by atoms with E-state index in [-0.39, 0.29) is 24.0 Å². The highest BCUT2D eigenvalue weighted by Gasteiger charge is 2.47. The summed E-state index contributed by atoms with van der Waals surface area (Å²) in [7, 11) is 0. The maximum Gasteiger partial charge on any atom is 0.296 e. The molecule has 0 saturated carbocycles. The van der Waals surface area contributed by atoms with Gasteiger partial charge in [0.2, 0.25) is 0 Å². The molecule has 1 N–H and O–H groups in total. The van der Waals surface area contributed by atoms with Crippen molar-refractivity contribution in [2.24, 2.45) is 0 Å². The number of aromatic nitrogens is 1. The van der Waals surface area contributed by atoms with Crippen LogP contribution < -0.4 is 4.74 Å². The largest absolute Gasteiger partial charge is 0.507 e. The fraction of sp³-hybridized carbons (Fsp3) is 0.208. The number of pyridine rings is 1. The van der Waals surface area contributed by atoms with Gasteiger partial charge in [-0.25, -0.2) is 0 Å². The van der Waals surface area contributed by atoms with Crippen molar-refractivity contribution in [3.05, 3.63) is 89.6 Å². The summed E-state index contributed by atoms with van der Waals surface area (Å²) in [5, 5.41) is 11.1. The maximum absolute atomic E-state index is 13.0. The number of hydrogen-bond donors (Lipinski definition) is 1. The summed E-state index contributed by atoms with van der Waals surface area (Å²) in [5.74, 6) is -0.684. The molecule has 1 atom stereocenters. The number of nitrogens with zero attached hydrogens (tertiary/aromatic N) is 2. The van der Waals surface area contributed by atoms with E-state index >= 15 is 0 Å². The SMILES string of the molecule is CC(C)Oc1cccc(/C(O)=C2/C(=O)C(=O)N(Cc3ccco3)C2c2ccccn2)c1. The van der Waals surface area contributed by atoms with Crippen molar-refractivity contribution in [2.75, 3.05) is 0 Å². The monoisotopic (exact) mass is 418 g/mol. The molecule has 0 spiro atoms. The molecule has 7 heteroatoms. The van der Waals surface area contributed by atoms with E-state index < -0.39 is 17.7 Å². The van der Waals surface area contributed by atoms with Gasteiger partial charge in [0.1, 0.15) is 23.3 Å². The number of likely N-dealkylation sites (tertiary alicyclic amines) is 1. The number of amides is 1. The van der Waals surface area contributed by atoms with Gasteiger partial charge in [-0.2, -0.15) is 0 Å². The summed E-state index contributed by atoms with van der Waals surface area (Å²) in [5.41, 5.74) is 0.844. The molecule has 1 aromatic carbocycles. The Bertz CT molecular complexity index is 1120. The molecule has 7 nitrogen and oxygen atoms in total. The van der Waals surface area contributed by atoms with Crippen molar-refractivity contribution in [3.8, 4) is 5.75 Å². The Hall–Kier alpha value is -3.87. The van der Waals surface area contributed by atoms with E-state index in [4.69, 9.17) is 9.15 Å². The standard InChI is InChI=1S/C24H22N2O5/c1-15(2)31-17-8-5-7-16(13-17)22(27)20-21(19-10-3-4-11-25-19)26(24(29)23(20)28)14-18-9-6-12-30-18/h3-13,15,21,27H,14H2,1-2H3/b22-20-. The van der Waals surface area contributed by atoms with Crippen LogP contribution in [0.3, 0.4) is 0 Å². The average Bonchev–Trinajstić information content (AvgIpc) is 3.36. The fourth-order valence-electron chi connectivity index (χ4n) is 3.60. The van der Waals surface area contributed by atoms with Gasteiger partial charge in [0.25, 0.3) is 11.7 Å². The van der Waals surface area contributed by atoms with Crippen LogP contribution in [0.25, 0.3) is 5.76 Å². The summed E-state index contributed by atoms with van der Waals surface area (Å²) in [4.78, 5) is 31.6. The lowest BCUT2D eigenvalue weighted by Crippen LogP contribution is -2.29. The van der Waals surface area contributed by atoms with E-state index in [1.165, 1.54) is 11.2 Å². The predicted octanol–water partition coefficient (Wildman–Crippen LogP) is 4.08. The van der Waals surface area contributed by atoms with E-state index in [0.29, 0.717) is 22.8 Å². The second-order valence-corrected chi connectivity index (χ2v) is 7.46. The maximum atomic E-state index is 13.0. The van der Waals surface area contributed by atoms with Crippen LogP contribution in [0.15, 0.2) is 77.0 Å². The first-order valence-electron chi connectivity index (χ1n) is 9.94. The van der Waals surface area contributed by atoms with Crippen molar-refractivity contribution < 1.29 is 23.8 Å². The zero-order valence-corrected chi connectivity index (χ0v) is 17.2. The Morgan fingerprint density at radius 1 is 1.16 bits per heavy atom. The molecule has 1 saturated heterocycles. The average molecular weight is 418 g/mol. The first-order chi connectivity index (χ1) is 15.0. The van der Waals surface area contributed by atoms with Crippen molar-refractivity contribution in [1.82, 2.24) is 9.88 Å². The molecular formula is C24H22N2O5. The predicted molar refractivity (Wildman–Crippen MR) is 113 cm³/mol. The van der Waals surface area contributed by atoms with Gasteiger partial charge in [-0.15, -0.1) is 0 Å². The van der Waals surface area contributed by atoms with E-state index in [2.05, 4.69) is 4.98 Å². The van der Waals surface area contributed by atoms with Crippen LogP contribution in [0.1, 0.15) is 36.9 Å². The molecule has 2 aromatic heterocycles. The molecule has 3 aromatic rings. The van der Waals surface area contributed by atoms with Crippen molar-refractivity contribution >= 4 is 17.4 Å². The van der Waals surface area contributed by atoms with Crippen LogP contribution in [0.2, 0.25) is 0 Å². The van der Waals surface area contributed by atoms with Crippen molar-refractivity contribution in [1.29, 1.82) is 0 Å². The summed E-state index contributed by atoms with van der Waals surface area (Å²) in [6.45, 7) is 3.87. The van der Waals surface area contributed by atoms with E-state index in [1.54, 1.807) is 60.8 Å². The van der Waals surface area contributed by atoms with Gasteiger partial charge in [-0.05, 0) is 50.2 Å². The van der Waals surface area contributed by atoms with E-state index in [9.17, 15) is 14.7 Å². The molecule has 158 valence electrons. The second kappa shape index (κ2) is 8.47. The number of carbonyl (C=O) groups excluding carboxylic acids is 2. The Morgan fingerprint density at radius 3 is 2.68 bits per heavy atom. The number of Topliss-reactive ketones (excluding diaryl/α,β-unsaturated/α-hetero) is 1.